The van der Waals surface area contributed by atoms with E-state index in [0.29, 0.717) is 6.04 Å². The highest BCUT2D eigenvalue weighted by Gasteiger charge is 2.24. The highest BCUT2D eigenvalue weighted by molar-refractivity contribution is 7.18. The maximum Gasteiger partial charge on any atom is 0.262 e. The monoisotopic (exact) mass is 399 g/mol. The van der Waals surface area contributed by atoms with Gasteiger partial charge in [-0.25, -0.2) is 9.37 Å². The molecular weight excluding hydrogens is 373 g/mol. The molecule has 0 spiro atoms. The van der Waals surface area contributed by atoms with Gasteiger partial charge in [0.25, 0.3) is 5.56 Å². The molecule has 6 heteroatoms. The van der Waals surface area contributed by atoms with Crippen molar-refractivity contribution in [3.05, 3.63) is 62.8 Å². The molecule has 1 aliphatic carbocycles. The molecule has 4 nitrogen and oxygen atoms in total. The Morgan fingerprint density at radius 2 is 2.14 bits per heavy atom. The van der Waals surface area contributed by atoms with Crippen molar-refractivity contribution in [1.82, 2.24) is 14.9 Å². The predicted molar refractivity (Wildman–Crippen MR) is 113 cm³/mol. The topological polar surface area (TPSA) is 46.9 Å². The Morgan fingerprint density at radius 3 is 2.93 bits per heavy atom. The molecule has 0 bridgehead atoms. The van der Waals surface area contributed by atoms with Crippen LogP contribution in [0.25, 0.3) is 10.2 Å². The second kappa shape index (κ2) is 8.53. The number of halogens is 1. The Bertz CT molecular complexity index is 1010. The molecule has 1 aromatic carbocycles. The Hall–Kier alpha value is -2.05. The van der Waals surface area contributed by atoms with E-state index in [0.717, 1.165) is 67.4 Å². The number of thiophene rings is 1. The van der Waals surface area contributed by atoms with Crippen molar-refractivity contribution in [3.8, 4) is 0 Å². The Morgan fingerprint density at radius 1 is 1.32 bits per heavy atom. The molecule has 148 valence electrons. The fraction of sp³-hybridized carbons (Fsp3) is 0.455. The minimum atomic E-state index is -0.191. The molecule has 2 heterocycles. The zero-order chi connectivity index (χ0) is 19.5. The van der Waals surface area contributed by atoms with Crippen molar-refractivity contribution in [3.63, 3.8) is 0 Å². The zero-order valence-corrected chi connectivity index (χ0v) is 17.0. The molecule has 3 aromatic rings. The van der Waals surface area contributed by atoms with Gasteiger partial charge in [0.2, 0.25) is 0 Å². The third kappa shape index (κ3) is 4.03. The SMILES string of the molecule is CCCCn1cnc2sc3c(c2c1=O)CCC(NCCc1ccc(F)cc1)C3. The van der Waals surface area contributed by atoms with E-state index in [1.807, 2.05) is 12.1 Å². The third-order valence-corrected chi connectivity index (χ3v) is 6.71. The van der Waals surface area contributed by atoms with Crippen molar-refractivity contribution < 1.29 is 4.39 Å². The van der Waals surface area contributed by atoms with E-state index >= 15 is 0 Å². The molecule has 0 saturated heterocycles. The summed E-state index contributed by atoms with van der Waals surface area (Å²) in [6.45, 7) is 3.75. The fourth-order valence-corrected chi connectivity index (χ4v) is 5.19. The van der Waals surface area contributed by atoms with Crippen LogP contribution in [0, 0.1) is 5.82 Å². The number of unbranched alkanes of at least 4 members (excludes halogenated alkanes) is 1. The van der Waals surface area contributed by atoms with Crippen LogP contribution in [0.15, 0.2) is 35.4 Å². The molecule has 1 N–H and O–H groups in total. The molecule has 0 fully saturated rings. The number of nitrogens with zero attached hydrogens (tertiary/aromatic N) is 2. The maximum atomic E-state index is 13.0. The largest absolute Gasteiger partial charge is 0.313 e. The normalized spacial score (nSPS) is 16.4. The van der Waals surface area contributed by atoms with E-state index in [9.17, 15) is 9.18 Å². The summed E-state index contributed by atoms with van der Waals surface area (Å²) in [7, 11) is 0. The summed E-state index contributed by atoms with van der Waals surface area (Å²) in [5.74, 6) is -0.191. The molecule has 1 aliphatic rings. The van der Waals surface area contributed by atoms with Crippen LogP contribution in [0.5, 0.6) is 0 Å². The van der Waals surface area contributed by atoms with Crippen molar-refractivity contribution in [2.75, 3.05) is 6.54 Å². The lowest BCUT2D eigenvalue weighted by molar-refractivity contribution is 0.466. The van der Waals surface area contributed by atoms with Gasteiger partial charge in [0, 0.05) is 17.5 Å². The summed E-state index contributed by atoms with van der Waals surface area (Å²) in [5.41, 5.74) is 2.49. The third-order valence-electron chi connectivity index (χ3n) is 5.55. The maximum absolute atomic E-state index is 13.0. The molecule has 1 unspecified atom stereocenters. The second-order valence-corrected chi connectivity index (χ2v) is 8.63. The Balaban J connectivity index is 1.43. The number of nitrogens with one attached hydrogen (secondary N) is 1. The van der Waals surface area contributed by atoms with Crippen LogP contribution in [0.3, 0.4) is 0 Å². The zero-order valence-electron chi connectivity index (χ0n) is 16.2. The van der Waals surface area contributed by atoms with Crippen LogP contribution >= 0.6 is 11.3 Å². The average Bonchev–Trinajstić information content (AvgIpc) is 3.07. The van der Waals surface area contributed by atoms with Gasteiger partial charge in [-0.2, -0.15) is 0 Å². The van der Waals surface area contributed by atoms with E-state index in [1.54, 1.807) is 22.2 Å². The van der Waals surface area contributed by atoms with Gasteiger partial charge in [0.15, 0.2) is 0 Å². The minimum Gasteiger partial charge on any atom is -0.313 e. The highest BCUT2D eigenvalue weighted by Crippen LogP contribution is 2.33. The first kappa shape index (κ1) is 19.3. The highest BCUT2D eigenvalue weighted by atomic mass is 32.1. The lowest BCUT2D eigenvalue weighted by atomic mass is 9.93. The predicted octanol–water partition coefficient (Wildman–Crippen LogP) is 4.09. The number of benzene rings is 1. The van der Waals surface area contributed by atoms with Crippen LogP contribution in [0.2, 0.25) is 0 Å². The molecule has 28 heavy (non-hydrogen) atoms. The molecule has 0 amide bonds. The summed E-state index contributed by atoms with van der Waals surface area (Å²) in [6, 6.07) is 7.14. The number of hydrogen-bond donors (Lipinski definition) is 1. The van der Waals surface area contributed by atoms with Crippen LogP contribution < -0.4 is 10.9 Å². The first-order valence-electron chi connectivity index (χ1n) is 10.1. The van der Waals surface area contributed by atoms with Crippen LogP contribution in [-0.2, 0) is 25.8 Å². The molecular formula is C22H26FN3OS. The lowest BCUT2D eigenvalue weighted by Gasteiger charge is -2.23. The van der Waals surface area contributed by atoms with E-state index in [2.05, 4.69) is 17.2 Å². The van der Waals surface area contributed by atoms with Crippen molar-refractivity contribution >= 4 is 21.6 Å². The van der Waals surface area contributed by atoms with Crippen LogP contribution in [-0.4, -0.2) is 22.1 Å². The summed E-state index contributed by atoms with van der Waals surface area (Å²) in [4.78, 5) is 19.6. The first-order valence-corrected chi connectivity index (χ1v) is 10.9. The smallest absolute Gasteiger partial charge is 0.262 e. The first-order chi connectivity index (χ1) is 13.7. The molecule has 0 radical (unpaired) electrons. The van der Waals surface area contributed by atoms with E-state index in [1.165, 1.54) is 22.6 Å². The summed E-state index contributed by atoms with van der Waals surface area (Å²) in [6.07, 6.45) is 7.58. The van der Waals surface area contributed by atoms with Gasteiger partial charge >= 0.3 is 0 Å². The van der Waals surface area contributed by atoms with Gasteiger partial charge in [-0.1, -0.05) is 25.5 Å². The molecule has 1 atom stereocenters. The Kier molecular flexibility index (Phi) is 5.87. The van der Waals surface area contributed by atoms with Gasteiger partial charge in [-0.3, -0.25) is 9.36 Å². The second-order valence-electron chi connectivity index (χ2n) is 7.55. The van der Waals surface area contributed by atoms with E-state index < -0.39 is 0 Å². The van der Waals surface area contributed by atoms with E-state index in [4.69, 9.17) is 0 Å². The molecule has 0 aliphatic heterocycles. The van der Waals surface area contributed by atoms with Crippen molar-refractivity contribution in [2.45, 2.75) is 58.0 Å². The summed E-state index contributed by atoms with van der Waals surface area (Å²) < 4.78 is 14.8. The number of rotatable bonds is 7. The molecule has 0 saturated carbocycles. The number of aromatic nitrogens is 2. The van der Waals surface area contributed by atoms with Gasteiger partial charge in [0.1, 0.15) is 10.6 Å². The van der Waals surface area contributed by atoms with Crippen molar-refractivity contribution in [1.29, 1.82) is 0 Å². The number of hydrogen-bond acceptors (Lipinski definition) is 4. The molecule has 2 aromatic heterocycles. The van der Waals surface area contributed by atoms with E-state index in [-0.39, 0.29) is 11.4 Å². The average molecular weight is 400 g/mol. The van der Waals surface area contributed by atoms with Gasteiger partial charge < -0.3 is 5.32 Å². The Labute approximate surface area is 168 Å². The van der Waals surface area contributed by atoms with Gasteiger partial charge in [0.05, 0.1) is 11.7 Å². The van der Waals surface area contributed by atoms with Crippen LogP contribution in [0.4, 0.5) is 4.39 Å². The quantitative estimate of drug-likeness (QED) is 0.651. The van der Waals surface area contributed by atoms with Gasteiger partial charge in [-0.15, -0.1) is 11.3 Å². The van der Waals surface area contributed by atoms with Gasteiger partial charge in [-0.05, 0) is 61.9 Å². The minimum absolute atomic E-state index is 0.124. The standard InChI is InChI=1S/C22H26FN3OS/c1-2-3-12-26-14-25-21-20(22(26)27)18-9-8-17(13-19(18)28-21)24-11-10-15-4-6-16(23)7-5-15/h4-7,14,17,24H,2-3,8-13H2,1H3. The fourth-order valence-electron chi connectivity index (χ4n) is 3.93. The number of fused-ring (bicyclic) bond motifs is 3. The summed E-state index contributed by atoms with van der Waals surface area (Å²) >= 11 is 1.68. The van der Waals surface area contributed by atoms with Crippen molar-refractivity contribution in [2.24, 2.45) is 0 Å². The summed E-state index contributed by atoms with van der Waals surface area (Å²) in [5, 5.41) is 4.48. The molecule has 4 rings (SSSR count). The number of aryl methyl sites for hydroxylation is 2. The lowest BCUT2D eigenvalue weighted by Crippen LogP contribution is -2.35. The van der Waals surface area contributed by atoms with Crippen LogP contribution in [0.1, 0.15) is 42.2 Å².